The highest BCUT2D eigenvalue weighted by molar-refractivity contribution is 6.06. The topological polar surface area (TPSA) is 70.1 Å². The van der Waals surface area contributed by atoms with E-state index in [9.17, 15) is 4.79 Å². The first kappa shape index (κ1) is 14.8. The first-order chi connectivity index (χ1) is 10.3. The van der Waals surface area contributed by atoms with Crippen LogP contribution < -0.4 is 10.6 Å². The highest BCUT2D eigenvalue weighted by Crippen LogP contribution is 2.17. The maximum Gasteiger partial charge on any atom is 0.258 e. The first-order valence-corrected chi connectivity index (χ1v) is 6.79. The highest BCUT2D eigenvalue weighted by Gasteiger charge is 2.17. The summed E-state index contributed by atoms with van der Waals surface area (Å²) in [6.07, 6.45) is 0.293. The lowest BCUT2D eigenvalue weighted by Crippen LogP contribution is -2.31. The summed E-state index contributed by atoms with van der Waals surface area (Å²) in [5.41, 5.74) is 7.93. The summed E-state index contributed by atoms with van der Waals surface area (Å²) in [6.45, 7) is 0.823. The number of hydrogen-bond acceptors (Lipinski definition) is 3. The van der Waals surface area contributed by atoms with Crippen LogP contribution in [0, 0.1) is 11.3 Å². The van der Waals surface area contributed by atoms with Crippen LogP contribution in [0.2, 0.25) is 0 Å². The van der Waals surface area contributed by atoms with Gasteiger partial charge in [0.15, 0.2) is 0 Å². The van der Waals surface area contributed by atoms with Gasteiger partial charge in [0.1, 0.15) is 0 Å². The summed E-state index contributed by atoms with van der Waals surface area (Å²) in [6, 6.07) is 18.7. The SMILES string of the molecule is N#CCCN(C(=O)c1ccc(CN)cc1)c1ccccc1. The van der Waals surface area contributed by atoms with Crippen LogP contribution in [0.25, 0.3) is 0 Å². The molecule has 0 aliphatic carbocycles. The largest absolute Gasteiger partial charge is 0.326 e. The van der Waals surface area contributed by atoms with E-state index in [0.717, 1.165) is 11.3 Å². The van der Waals surface area contributed by atoms with Crippen LogP contribution in [-0.4, -0.2) is 12.5 Å². The third-order valence-corrected chi connectivity index (χ3v) is 3.20. The molecule has 0 heterocycles. The van der Waals surface area contributed by atoms with Gasteiger partial charge in [-0.2, -0.15) is 5.26 Å². The van der Waals surface area contributed by atoms with Crippen molar-refractivity contribution in [1.29, 1.82) is 5.26 Å². The van der Waals surface area contributed by atoms with E-state index in [4.69, 9.17) is 11.0 Å². The van der Waals surface area contributed by atoms with E-state index < -0.39 is 0 Å². The zero-order chi connectivity index (χ0) is 15.1. The van der Waals surface area contributed by atoms with Crippen LogP contribution in [0.15, 0.2) is 54.6 Å². The summed E-state index contributed by atoms with van der Waals surface area (Å²) in [5.74, 6) is -0.111. The number of carbonyl (C=O) groups is 1. The smallest absolute Gasteiger partial charge is 0.258 e. The maximum atomic E-state index is 12.6. The molecule has 0 unspecified atom stereocenters. The molecule has 0 spiro atoms. The van der Waals surface area contributed by atoms with Gasteiger partial charge in [0.25, 0.3) is 5.91 Å². The second-order valence-corrected chi connectivity index (χ2v) is 4.60. The van der Waals surface area contributed by atoms with Crippen molar-refractivity contribution in [3.8, 4) is 6.07 Å². The number of rotatable bonds is 5. The molecular formula is C17H17N3O. The van der Waals surface area contributed by atoms with Gasteiger partial charge in [-0.3, -0.25) is 4.79 Å². The van der Waals surface area contributed by atoms with Gasteiger partial charge >= 0.3 is 0 Å². The Bertz CT molecular complexity index is 629. The Morgan fingerprint density at radius 3 is 2.33 bits per heavy atom. The van der Waals surface area contributed by atoms with Crippen molar-refractivity contribution in [1.82, 2.24) is 0 Å². The molecule has 0 radical (unpaired) electrons. The van der Waals surface area contributed by atoms with E-state index in [1.54, 1.807) is 17.0 Å². The van der Waals surface area contributed by atoms with E-state index in [1.807, 2.05) is 42.5 Å². The molecule has 106 valence electrons. The van der Waals surface area contributed by atoms with Gasteiger partial charge in [0.05, 0.1) is 12.5 Å². The fourth-order valence-corrected chi connectivity index (χ4v) is 2.06. The van der Waals surface area contributed by atoms with E-state index in [2.05, 4.69) is 6.07 Å². The van der Waals surface area contributed by atoms with E-state index in [1.165, 1.54) is 0 Å². The lowest BCUT2D eigenvalue weighted by molar-refractivity contribution is 0.0987. The van der Waals surface area contributed by atoms with E-state index >= 15 is 0 Å². The van der Waals surface area contributed by atoms with Gasteiger partial charge in [0.2, 0.25) is 0 Å². The quantitative estimate of drug-likeness (QED) is 0.914. The molecule has 0 atom stereocenters. The molecule has 0 aliphatic heterocycles. The molecule has 0 aliphatic rings. The third-order valence-electron chi connectivity index (χ3n) is 3.20. The molecule has 2 aromatic rings. The molecule has 2 N–H and O–H groups in total. The molecule has 0 saturated carbocycles. The molecule has 4 nitrogen and oxygen atoms in total. The van der Waals surface area contributed by atoms with Crippen molar-refractivity contribution >= 4 is 11.6 Å². The average Bonchev–Trinajstić information content (AvgIpc) is 2.56. The van der Waals surface area contributed by atoms with Crippen LogP contribution in [-0.2, 0) is 6.54 Å². The minimum atomic E-state index is -0.111. The number of carbonyl (C=O) groups excluding carboxylic acids is 1. The molecule has 0 aromatic heterocycles. The summed E-state index contributed by atoms with van der Waals surface area (Å²) in [5, 5.41) is 8.78. The molecule has 21 heavy (non-hydrogen) atoms. The Labute approximate surface area is 124 Å². The molecule has 4 heteroatoms. The molecule has 2 rings (SSSR count). The molecule has 0 saturated heterocycles. The van der Waals surface area contributed by atoms with Gasteiger partial charge in [-0.05, 0) is 29.8 Å². The zero-order valence-electron chi connectivity index (χ0n) is 11.7. The fourth-order valence-electron chi connectivity index (χ4n) is 2.06. The Morgan fingerprint density at radius 2 is 1.76 bits per heavy atom. The van der Waals surface area contributed by atoms with Crippen LogP contribution >= 0.6 is 0 Å². The van der Waals surface area contributed by atoms with E-state index in [-0.39, 0.29) is 5.91 Å². The predicted molar refractivity (Wildman–Crippen MR) is 82.7 cm³/mol. The average molecular weight is 279 g/mol. The normalized spacial score (nSPS) is 9.90. The Hall–Kier alpha value is -2.64. The highest BCUT2D eigenvalue weighted by atomic mass is 16.2. The van der Waals surface area contributed by atoms with Gasteiger partial charge in [-0.15, -0.1) is 0 Å². The standard InChI is InChI=1S/C17H17N3O/c18-11-4-12-20(16-5-2-1-3-6-16)17(21)15-9-7-14(13-19)8-10-15/h1-3,5-10H,4,12-13,19H2. The molecule has 0 bridgehead atoms. The second kappa shape index (κ2) is 7.22. The predicted octanol–water partition coefficient (Wildman–Crippen LogP) is 2.71. The van der Waals surface area contributed by atoms with Crippen molar-refractivity contribution in [2.24, 2.45) is 5.73 Å². The van der Waals surface area contributed by atoms with Crippen molar-refractivity contribution in [2.75, 3.05) is 11.4 Å². The lowest BCUT2D eigenvalue weighted by Gasteiger charge is -2.22. The van der Waals surface area contributed by atoms with Gasteiger partial charge in [-0.25, -0.2) is 0 Å². The van der Waals surface area contributed by atoms with Crippen molar-refractivity contribution in [2.45, 2.75) is 13.0 Å². The molecule has 1 amide bonds. The van der Waals surface area contributed by atoms with Crippen LogP contribution in [0.1, 0.15) is 22.3 Å². The minimum Gasteiger partial charge on any atom is -0.326 e. The summed E-state index contributed by atoms with van der Waals surface area (Å²) < 4.78 is 0. The minimum absolute atomic E-state index is 0.111. The Balaban J connectivity index is 2.27. The third kappa shape index (κ3) is 3.68. The van der Waals surface area contributed by atoms with Crippen molar-refractivity contribution in [3.63, 3.8) is 0 Å². The maximum absolute atomic E-state index is 12.6. The number of nitrogens with zero attached hydrogens (tertiary/aromatic N) is 2. The van der Waals surface area contributed by atoms with Gasteiger partial charge < -0.3 is 10.6 Å². The number of amides is 1. The second-order valence-electron chi connectivity index (χ2n) is 4.60. The summed E-state index contributed by atoms with van der Waals surface area (Å²) in [4.78, 5) is 14.3. The summed E-state index contributed by atoms with van der Waals surface area (Å²) >= 11 is 0. The first-order valence-electron chi connectivity index (χ1n) is 6.79. The zero-order valence-corrected chi connectivity index (χ0v) is 11.7. The van der Waals surface area contributed by atoms with Crippen LogP contribution in [0.5, 0.6) is 0 Å². The number of hydrogen-bond donors (Lipinski definition) is 1. The Kier molecular flexibility index (Phi) is 5.08. The number of nitrogens with two attached hydrogens (primary N) is 1. The molecule has 2 aromatic carbocycles. The number of nitriles is 1. The molecule has 0 fully saturated rings. The van der Waals surface area contributed by atoms with Crippen molar-refractivity contribution < 1.29 is 4.79 Å². The fraction of sp³-hybridized carbons (Fsp3) is 0.176. The summed E-state index contributed by atoms with van der Waals surface area (Å²) in [7, 11) is 0. The lowest BCUT2D eigenvalue weighted by atomic mass is 10.1. The number of anilines is 1. The van der Waals surface area contributed by atoms with E-state index in [0.29, 0.717) is 25.1 Å². The number of para-hydroxylation sites is 1. The van der Waals surface area contributed by atoms with Gasteiger partial charge in [-0.1, -0.05) is 30.3 Å². The Morgan fingerprint density at radius 1 is 1.10 bits per heavy atom. The molecular weight excluding hydrogens is 262 g/mol. The van der Waals surface area contributed by atoms with Crippen LogP contribution in [0.4, 0.5) is 5.69 Å². The van der Waals surface area contributed by atoms with Crippen LogP contribution in [0.3, 0.4) is 0 Å². The monoisotopic (exact) mass is 279 g/mol. The van der Waals surface area contributed by atoms with Gasteiger partial charge in [0, 0.05) is 24.3 Å². The van der Waals surface area contributed by atoms with Crippen molar-refractivity contribution in [3.05, 3.63) is 65.7 Å². The number of benzene rings is 2.